The molecule has 0 unspecified atom stereocenters. The molecule has 0 spiro atoms. The van der Waals surface area contributed by atoms with E-state index in [-0.39, 0.29) is 23.8 Å². The zero-order valence-corrected chi connectivity index (χ0v) is 14.8. The highest BCUT2D eigenvalue weighted by Crippen LogP contribution is 2.16. The van der Waals surface area contributed by atoms with E-state index in [4.69, 9.17) is 4.74 Å². The number of nitrogens with one attached hydrogen (secondary N) is 1. The summed E-state index contributed by atoms with van der Waals surface area (Å²) in [4.78, 5) is 24.5. The number of nitrogens with zero attached hydrogens (tertiary/aromatic N) is 1. The van der Waals surface area contributed by atoms with Crippen molar-refractivity contribution in [3.8, 4) is 5.75 Å². The molecule has 0 radical (unpaired) electrons. The largest absolute Gasteiger partial charge is 0.494 e. The molecule has 3 rings (SSSR count). The fourth-order valence-corrected chi connectivity index (χ4v) is 2.63. The van der Waals surface area contributed by atoms with Gasteiger partial charge in [0.1, 0.15) is 11.6 Å². The Balaban J connectivity index is 1.76. The maximum atomic E-state index is 13.3. The van der Waals surface area contributed by atoms with Crippen molar-refractivity contribution in [2.45, 2.75) is 13.5 Å². The van der Waals surface area contributed by atoms with E-state index in [9.17, 15) is 14.0 Å². The number of rotatable bonds is 6. The molecule has 1 amide bonds. The Labute approximate surface area is 156 Å². The first kappa shape index (κ1) is 18.4. The van der Waals surface area contributed by atoms with Crippen LogP contribution in [0, 0.1) is 5.82 Å². The maximum absolute atomic E-state index is 13.3. The molecule has 6 heteroatoms. The summed E-state index contributed by atoms with van der Waals surface area (Å²) in [7, 11) is 0. The summed E-state index contributed by atoms with van der Waals surface area (Å²) in [5, 5.41) is 2.78. The average Bonchev–Trinajstić information content (AvgIpc) is 2.65. The molecule has 2 aromatic carbocycles. The van der Waals surface area contributed by atoms with Crippen LogP contribution in [0.15, 0.2) is 71.7 Å². The van der Waals surface area contributed by atoms with Crippen LogP contribution in [0.2, 0.25) is 0 Å². The third-order valence-electron chi connectivity index (χ3n) is 3.91. The first-order valence-corrected chi connectivity index (χ1v) is 8.54. The normalized spacial score (nSPS) is 10.4. The van der Waals surface area contributed by atoms with Gasteiger partial charge in [-0.15, -0.1) is 0 Å². The van der Waals surface area contributed by atoms with Gasteiger partial charge < -0.3 is 14.6 Å². The van der Waals surface area contributed by atoms with E-state index in [0.717, 1.165) is 5.75 Å². The highest BCUT2D eigenvalue weighted by Gasteiger charge is 2.09. The van der Waals surface area contributed by atoms with Crippen LogP contribution in [-0.2, 0) is 6.54 Å². The molecule has 0 aliphatic rings. The number of halogens is 1. The number of ether oxygens (including phenoxy) is 1. The van der Waals surface area contributed by atoms with Crippen LogP contribution in [-0.4, -0.2) is 17.1 Å². The van der Waals surface area contributed by atoms with E-state index in [1.165, 1.54) is 35.0 Å². The van der Waals surface area contributed by atoms with Gasteiger partial charge in [0.05, 0.1) is 18.7 Å². The average molecular weight is 366 g/mol. The topological polar surface area (TPSA) is 60.3 Å². The molecule has 1 heterocycles. The lowest BCUT2D eigenvalue weighted by Crippen LogP contribution is -2.22. The summed E-state index contributed by atoms with van der Waals surface area (Å²) in [6.45, 7) is 2.65. The molecule has 27 heavy (non-hydrogen) atoms. The van der Waals surface area contributed by atoms with Gasteiger partial charge in [0, 0.05) is 18.0 Å². The predicted molar refractivity (Wildman–Crippen MR) is 102 cm³/mol. The summed E-state index contributed by atoms with van der Waals surface area (Å²) < 4.78 is 20.1. The lowest BCUT2D eigenvalue weighted by Gasteiger charge is -2.10. The molecular formula is C21H19FN2O3. The zero-order chi connectivity index (χ0) is 19.2. The second-order valence-corrected chi connectivity index (χ2v) is 5.93. The minimum atomic E-state index is -0.370. The Morgan fingerprint density at radius 1 is 1.11 bits per heavy atom. The molecule has 0 saturated heterocycles. The van der Waals surface area contributed by atoms with E-state index < -0.39 is 0 Å². The van der Waals surface area contributed by atoms with Crippen LogP contribution in [0.25, 0.3) is 0 Å². The molecule has 0 fully saturated rings. The Morgan fingerprint density at radius 3 is 2.59 bits per heavy atom. The number of aromatic nitrogens is 1. The summed E-state index contributed by atoms with van der Waals surface area (Å²) in [6, 6.07) is 15.8. The number of hydrogen-bond donors (Lipinski definition) is 1. The molecule has 3 aromatic rings. The Hall–Kier alpha value is -3.41. The van der Waals surface area contributed by atoms with Crippen molar-refractivity contribution in [1.29, 1.82) is 0 Å². The number of benzene rings is 2. The number of carbonyl (C=O) groups excluding carboxylic acids is 1. The van der Waals surface area contributed by atoms with E-state index in [2.05, 4.69) is 5.32 Å². The molecular weight excluding hydrogens is 347 g/mol. The standard InChI is InChI=1S/C21H19FN2O3/c1-2-27-19-9-7-18(8-10-19)23-21(26)16-6-11-20(25)24(14-16)13-15-4-3-5-17(22)12-15/h3-12,14H,2,13H2,1H3,(H,23,26). The van der Waals surface area contributed by atoms with Crippen molar-refractivity contribution in [2.24, 2.45) is 0 Å². The Morgan fingerprint density at radius 2 is 1.89 bits per heavy atom. The molecule has 0 bridgehead atoms. The minimum Gasteiger partial charge on any atom is -0.494 e. The van der Waals surface area contributed by atoms with Crippen molar-refractivity contribution in [2.75, 3.05) is 11.9 Å². The van der Waals surface area contributed by atoms with Gasteiger partial charge in [0.2, 0.25) is 0 Å². The van der Waals surface area contributed by atoms with Gasteiger partial charge in [0.25, 0.3) is 11.5 Å². The molecule has 0 atom stereocenters. The molecule has 0 aliphatic heterocycles. The third kappa shape index (κ3) is 4.82. The predicted octanol–water partition coefficient (Wildman–Crippen LogP) is 3.69. The third-order valence-corrected chi connectivity index (χ3v) is 3.91. The summed E-state index contributed by atoms with van der Waals surface area (Å²) in [6.07, 6.45) is 1.47. The number of pyridine rings is 1. The molecule has 1 N–H and O–H groups in total. The van der Waals surface area contributed by atoms with Crippen LogP contribution < -0.4 is 15.6 Å². The van der Waals surface area contributed by atoms with Gasteiger partial charge in [-0.05, 0) is 55.0 Å². The minimum absolute atomic E-state index is 0.181. The summed E-state index contributed by atoms with van der Waals surface area (Å²) in [5.41, 5.74) is 1.32. The first-order chi connectivity index (χ1) is 13.0. The van der Waals surface area contributed by atoms with Crippen LogP contribution in [0.1, 0.15) is 22.8 Å². The van der Waals surface area contributed by atoms with Crippen LogP contribution in [0.3, 0.4) is 0 Å². The molecule has 138 valence electrons. The van der Waals surface area contributed by atoms with E-state index >= 15 is 0 Å². The van der Waals surface area contributed by atoms with Gasteiger partial charge in [-0.2, -0.15) is 0 Å². The fraction of sp³-hybridized carbons (Fsp3) is 0.143. The van der Waals surface area contributed by atoms with Crippen molar-refractivity contribution >= 4 is 11.6 Å². The highest BCUT2D eigenvalue weighted by molar-refractivity contribution is 6.04. The summed E-state index contributed by atoms with van der Waals surface area (Å²) >= 11 is 0. The quantitative estimate of drug-likeness (QED) is 0.724. The SMILES string of the molecule is CCOc1ccc(NC(=O)c2ccc(=O)n(Cc3cccc(F)c3)c2)cc1. The van der Waals surface area contributed by atoms with Gasteiger partial charge in [-0.3, -0.25) is 9.59 Å². The second-order valence-electron chi connectivity index (χ2n) is 5.93. The number of amides is 1. The lowest BCUT2D eigenvalue weighted by atomic mass is 10.2. The van der Waals surface area contributed by atoms with Gasteiger partial charge in [0.15, 0.2) is 0 Å². The van der Waals surface area contributed by atoms with Gasteiger partial charge in [-0.1, -0.05) is 12.1 Å². The first-order valence-electron chi connectivity index (χ1n) is 8.54. The maximum Gasteiger partial charge on any atom is 0.257 e. The molecule has 5 nitrogen and oxygen atoms in total. The van der Waals surface area contributed by atoms with E-state index in [1.807, 2.05) is 6.92 Å². The van der Waals surface area contributed by atoms with Gasteiger partial charge in [-0.25, -0.2) is 4.39 Å². The Kier molecular flexibility index (Phi) is 5.66. The van der Waals surface area contributed by atoms with E-state index in [1.54, 1.807) is 36.4 Å². The van der Waals surface area contributed by atoms with E-state index in [0.29, 0.717) is 23.4 Å². The highest BCUT2D eigenvalue weighted by atomic mass is 19.1. The number of carbonyl (C=O) groups is 1. The monoisotopic (exact) mass is 366 g/mol. The molecule has 0 saturated carbocycles. The lowest BCUT2D eigenvalue weighted by molar-refractivity contribution is 0.102. The Bertz CT molecular complexity index is 997. The smallest absolute Gasteiger partial charge is 0.257 e. The molecule has 1 aromatic heterocycles. The fourth-order valence-electron chi connectivity index (χ4n) is 2.63. The number of hydrogen-bond acceptors (Lipinski definition) is 3. The van der Waals surface area contributed by atoms with Crippen molar-refractivity contribution in [1.82, 2.24) is 4.57 Å². The van der Waals surface area contributed by atoms with Crippen LogP contribution >= 0.6 is 0 Å². The van der Waals surface area contributed by atoms with Crippen molar-refractivity contribution in [3.63, 3.8) is 0 Å². The summed E-state index contributed by atoms with van der Waals surface area (Å²) in [5.74, 6) is 0.0104. The van der Waals surface area contributed by atoms with Crippen molar-refractivity contribution in [3.05, 3.63) is 94.2 Å². The molecule has 0 aliphatic carbocycles. The van der Waals surface area contributed by atoms with Crippen LogP contribution in [0.5, 0.6) is 5.75 Å². The second kappa shape index (κ2) is 8.31. The van der Waals surface area contributed by atoms with Gasteiger partial charge >= 0.3 is 0 Å². The zero-order valence-electron chi connectivity index (χ0n) is 14.8. The number of anilines is 1. The van der Waals surface area contributed by atoms with Crippen molar-refractivity contribution < 1.29 is 13.9 Å². The van der Waals surface area contributed by atoms with Crippen LogP contribution in [0.4, 0.5) is 10.1 Å².